The predicted octanol–water partition coefficient (Wildman–Crippen LogP) is 4.75. The van der Waals surface area contributed by atoms with Gasteiger partial charge in [-0.05, 0) is 37.5 Å². The van der Waals surface area contributed by atoms with Crippen molar-refractivity contribution in [1.29, 1.82) is 0 Å². The highest BCUT2D eigenvalue weighted by atomic mass is 79.9. The van der Waals surface area contributed by atoms with Crippen molar-refractivity contribution >= 4 is 27.5 Å². The lowest BCUT2D eigenvalue weighted by Gasteiger charge is -2.03. The largest absolute Gasteiger partial charge is 0.205 e. The first-order chi connectivity index (χ1) is 7.13. The van der Waals surface area contributed by atoms with Crippen LogP contribution in [0.15, 0.2) is 29.8 Å². The first-order valence-corrected chi connectivity index (χ1v) is 6.29. The average Bonchev–Trinajstić information content (AvgIpc) is 2.20. The molecule has 0 aromatic heterocycles. The molecular weight excluding hydrogens is 278 g/mol. The van der Waals surface area contributed by atoms with Gasteiger partial charge in [-0.3, -0.25) is 0 Å². The number of alkyl halides is 1. The fourth-order valence-corrected chi connectivity index (χ4v) is 1.69. The van der Waals surface area contributed by atoms with Gasteiger partial charge in [0.15, 0.2) is 0 Å². The Morgan fingerprint density at radius 2 is 2.27 bits per heavy atom. The Kier molecular flexibility index (Phi) is 5.34. The Hall–Kier alpha value is -0.340. The van der Waals surface area contributed by atoms with Crippen molar-refractivity contribution in [3.8, 4) is 0 Å². The van der Waals surface area contributed by atoms with Gasteiger partial charge < -0.3 is 0 Å². The molecule has 0 bridgehead atoms. The van der Waals surface area contributed by atoms with Gasteiger partial charge in [0.25, 0.3) is 0 Å². The molecule has 0 spiro atoms. The maximum Gasteiger partial charge on any atom is 0.142 e. The Morgan fingerprint density at radius 1 is 1.53 bits per heavy atom. The molecule has 82 valence electrons. The number of allylic oxidation sites excluding steroid dienone is 2. The first-order valence-electron chi connectivity index (χ1n) is 4.79. The second kappa shape index (κ2) is 6.29. The van der Waals surface area contributed by atoms with Crippen LogP contribution in [0.25, 0.3) is 0 Å². The molecule has 0 atom stereocenters. The molecule has 0 N–H and O–H groups in total. The topological polar surface area (TPSA) is 0 Å². The zero-order chi connectivity index (χ0) is 11.3. The van der Waals surface area contributed by atoms with Gasteiger partial charge in [-0.15, -0.1) is 0 Å². The fourth-order valence-electron chi connectivity index (χ4n) is 1.34. The minimum Gasteiger partial charge on any atom is -0.205 e. The molecule has 1 aromatic rings. The predicted molar refractivity (Wildman–Crippen MR) is 67.3 cm³/mol. The van der Waals surface area contributed by atoms with Gasteiger partial charge in [0.2, 0.25) is 0 Å². The van der Waals surface area contributed by atoms with Crippen LogP contribution in [0.4, 0.5) is 4.39 Å². The van der Waals surface area contributed by atoms with Gasteiger partial charge >= 0.3 is 0 Å². The smallest absolute Gasteiger partial charge is 0.142 e. The highest BCUT2D eigenvalue weighted by Gasteiger charge is 2.01. The van der Waals surface area contributed by atoms with Crippen LogP contribution in [-0.4, -0.2) is 5.33 Å². The molecule has 0 heterocycles. The van der Waals surface area contributed by atoms with E-state index in [-0.39, 0.29) is 10.8 Å². The summed E-state index contributed by atoms with van der Waals surface area (Å²) in [7, 11) is 0. The molecule has 0 saturated heterocycles. The normalized spacial score (nSPS) is 11.9. The summed E-state index contributed by atoms with van der Waals surface area (Å²) in [6.07, 6.45) is 3.93. The van der Waals surface area contributed by atoms with E-state index in [9.17, 15) is 4.39 Å². The van der Waals surface area contributed by atoms with Crippen LogP contribution >= 0.6 is 27.5 Å². The van der Waals surface area contributed by atoms with E-state index in [1.807, 2.05) is 6.07 Å². The summed E-state index contributed by atoms with van der Waals surface area (Å²) in [5, 5.41) is 1.14. The quantitative estimate of drug-likeness (QED) is 0.554. The van der Waals surface area contributed by atoms with E-state index in [0.717, 1.165) is 23.7 Å². The van der Waals surface area contributed by atoms with Crippen molar-refractivity contribution in [3.05, 3.63) is 46.3 Å². The van der Waals surface area contributed by atoms with Crippen molar-refractivity contribution in [2.24, 2.45) is 0 Å². The summed E-state index contributed by atoms with van der Waals surface area (Å²) in [4.78, 5) is 0. The van der Waals surface area contributed by atoms with Gasteiger partial charge in [-0.1, -0.05) is 45.2 Å². The number of hydrogen-bond donors (Lipinski definition) is 0. The maximum atomic E-state index is 13.1. The second-order valence-corrected chi connectivity index (χ2v) is 4.65. The van der Waals surface area contributed by atoms with E-state index in [4.69, 9.17) is 11.6 Å². The Morgan fingerprint density at radius 3 is 2.87 bits per heavy atom. The standard InChI is InChI=1S/C12H13BrClF/c1-9(3-2-6-13)7-10-4-5-11(14)12(15)8-10/h3-5,8H,2,6-7H2,1H3/b9-3-. The van der Waals surface area contributed by atoms with Gasteiger partial charge in [0.1, 0.15) is 5.82 Å². The van der Waals surface area contributed by atoms with E-state index in [0.29, 0.717) is 0 Å². The molecule has 0 aliphatic rings. The minimum atomic E-state index is -0.345. The molecule has 0 saturated carbocycles. The van der Waals surface area contributed by atoms with Crippen molar-refractivity contribution in [3.63, 3.8) is 0 Å². The maximum absolute atomic E-state index is 13.1. The third kappa shape index (κ3) is 4.35. The van der Waals surface area contributed by atoms with Crippen molar-refractivity contribution in [2.45, 2.75) is 19.8 Å². The molecule has 15 heavy (non-hydrogen) atoms. The Bertz CT molecular complexity index is 361. The third-order valence-electron chi connectivity index (χ3n) is 2.07. The number of halogens is 3. The van der Waals surface area contributed by atoms with Crippen LogP contribution < -0.4 is 0 Å². The van der Waals surface area contributed by atoms with E-state index in [1.54, 1.807) is 6.07 Å². The highest BCUT2D eigenvalue weighted by Crippen LogP contribution is 2.17. The van der Waals surface area contributed by atoms with Gasteiger partial charge in [0.05, 0.1) is 5.02 Å². The number of hydrogen-bond acceptors (Lipinski definition) is 0. The van der Waals surface area contributed by atoms with E-state index in [1.165, 1.54) is 11.6 Å². The molecule has 0 nitrogen and oxygen atoms in total. The fraction of sp³-hybridized carbons (Fsp3) is 0.333. The molecular formula is C12H13BrClF. The zero-order valence-electron chi connectivity index (χ0n) is 8.56. The highest BCUT2D eigenvalue weighted by molar-refractivity contribution is 9.09. The van der Waals surface area contributed by atoms with Crippen LogP contribution in [0, 0.1) is 5.82 Å². The molecule has 0 unspecified atom stereocenters. The molecule has 0 radical (unpaired) electrons. The molecule has 1 aromatic carbocycles. The van der Waals surface area contributed by atoms with Gasteiger partial charge in [0, 0.05) is 5.33 Å². The lowest BCUT2D eigenvalue weighted by atomic mass is 10.1. The van der Waals surface area contributed by atoms with E-state index >= 15 is 0 Å². The third-order valence-corrected chi connectivity index (χ3v) is 2.83. The van der Waals surface area contributed by atoms with Gasteiger partial charge in [-0.25, -0.2) is 4.39 Å². The summed E-state index contributed by atoms with van der Waals surface area (Å²) >= 11 is 8.97. The summed E-state index contributed by atoms with van der Waals surface area (Å²) in [6.45, 7) is 2.05. The second-order valence-electron chi connectivity index (χ2n) is 3.45. The van der Waals surface area contributed by atoms with Crippen LogP contribution in [0.5, 0.6) is 0 Å². The average molecular weight is 292 g/mol. The van der Waals surface area contributed by atoms with Crippen LogP contribution in [0.3, 0.4) is 0 Å². The Labute approximate surface area is 103 Å². The van der Waals surface area contributed by atoms with Crippen molar-refractivity contribution in [2.75, 3.05) is 5.33 Å². The minimum absolute atomic E-state index is 0.181. The Balaban J connectivity index is 2.68. The van der Waals surface area contributed by atoms with Gasteiger partial charge in [-0.2, -0.15) is 0 Å². The summed E-state index contributed by atoms with van der Waals surface area (Å²) in [5.41, 5.74) is 2.20. The van der Waals surface area contributed by atoms with Crippen molar-refractivity contribution in [1.82, 2.24) is 0 Å². The van der Waals surface area contributed by atoms with Crippen molar-refractivity contribution < 1.29 is 4.39 Å². The van der Waals surface area contributed by atoms with Crippen LogP contribution in [-0.2, 0) is 6.42 Å². The SMILES string of the molecule is C/C(=C/CCBr)Cc1ccc(Cl)c(F)c1. The summed E-state index contributed by atoms with van der Waals surface area (Å²) in [6, 6.07) is 4.95. The molecule has 0 aliphatic carbocycles. The lowest BCUT2D eigenvalue weighted by molar-refractivity contribution is 0.626. The van der Waals surface area contributed by atoms with Crippen LogP contribution in [0.1, 0.15) is 18.9 Å². The van der Waals surface area contributed by atoms with E-state index in [2.05, 4.69) is 28.9 Å². The number of benzene rings is 1. The summed E-state index contributed by atoms with van der Waals surface area (Å²) < 4.78 is 13.1. The molecule has 3 heteroatoms. The summed E-state index contributed by atoms with van der Waals surface area (Å²) in [5.74, 6) is -0.345. The first kappa shape index (κ1) is 12.7. The van der Waals surface area contributed by atoms with E-state index < -0.39 is 0 Å². The molecule has 0 amide bonds. The molecule has 0 aliphatic heterocycles. The molecule has 1 rings (SSSR count). The van der Waals surface area contributed by atoms with Crippen LogP contribution in [0.2, 0.25) is 5.02 Å². The zero-order valence-corrected chi connectivity index (χ0v) is 10.9. The molecule has 0 fully saturated rings. The number of rotatable bonds is 4. The lowest BCUT2D eigenvalue weighted by Crippen LogP contribution is -1.89. The monoisotopic (exact) mass is 290 g/mol.